The average Bonchev–Trinajstić information content (AvgIpc) is 1.83. The molecule has 0 aromatic heterocycles. The highest BCUT2D eigenvalue weighted by Gasteiger charge is 2.69. The Bertz CT molecular complexity index is 2890. The van der Waals surface area contributed by atoms with E-state index in [1.165, 1.54) is 30.7 Å². The summed E-state index contributed by atoms with van der Waals surface area (Å²) in [6.45, 7) is 35.7. The number of nitrogens with zero attached hydrogens (tertiary/aromatic N) is 3. The minimum absolute atomic E-state index is 0. The van der Waals surface area contributed by atoms with Gasteiger partial charge in [-0.25, -0.2) is 0 Å². The van der Waals surface area contributed by atoms with Gasteiger partial charge >= 0.3 is 5.97 Å². The fourth-order valence-corrected chi connectivity index (χ4v) is 19.5. The maximum atomic E-state index is 14.1. The molecule has 10 aliphatic carbocycles. The van der Waals surface area contributed by atoms with Crippen LogP contribution in [0.3, 0.4) is 0 Å². The molecule has 2 aliphatic heterocycles. The van der Waals surface area contributed by atoms with Gasteiger partial charge in [-0.05, 0) is 204 Å². The monoisotopic (exact) mass is 1100 g/mol. The van der Waals surface area contributed by atoms with E-state index < -0.39 is 11.4 Å². The number of ketones is 2. The summed E-state index contributed by atoms with van der Waals surface area (Å²) < 4.78 is 0. The fraction of sp³-hybridized carbons (Fsp3) is 0.710. The number of hydrogen-bond acceptors (Lipinski definition) is 9. The number of likely N-dealkylation sites (N-methyl/N-ethyl adjacent to an activating group) is 2. The predicted octanol–water partition coefficient (Wildman–Crippen LogP) is 13.2. The molecule has 1 amide bonds. The molecule has 2 heterocycles. The van der Waals surface area contributed by atoms with Gasteiger partial charge in [-0.1, -0.05) is 105 Å². The highest BCUT2D eigenvalue weighted by molar-refractivity contribution is 6.07. The van der Waals surface area contributed by atoms with Crippen LogP contribution < -0.4 is 5.32 Å². The van der Waals surface area contributed by atoms with Gasteiger partial charge in [0, 0.05) is 79.7 Å². The maximum Gasteiger partial charge on any atom is 0.309 e. The number of amides is 1. The van der Waals surface area contributed by atoms with Crippen LogP contribution in [0.1, 0.15) is 180 Å². The third kappa shape index (κ3) is 8.85. The predicted molar refractivity (Wildman–Crippen MR) is 321 cm³/mol. The molecule has 0 radical (unpaired) electrons. The molecule has 0 unspecified atom stereocenters. The van der Waals surface area contributed by atoms with Crippen molar-refractivity contribution in [2.24, 2.45) is 66.0 Å². The first kappa shape index (κ1) is 60.3. The highest BCUT2D eigenvalue weighted by Crippen LogP contribution is 2.77. The molecule has 0 spiro atoms. The Kier molecular flexibility index (Phi) is 15.2. The molecule has 0 aromatic rings. The SMILES string of the molecule is C.CC1=C(O)C(=O)C=C2C1=CC=C1[C@@]2(C)CC[C@@]2(C)[C@@H]3C[C@](C)(C(=O)N4CCN(C)CC4)CC[C@]3(C)CC[C@]12C.CC1=C(O)C(=O)C=C2C1=CC=C1[C@@]2(C)CC[C@@]2(C)[C@@H]3C[C@](C)(C(=O)O)CC[C@]3(C)CC[C@]12C.CN1CCNCC1. The van der Waals surface area contributed by atoms with Crippen LogP contribution in [0.4, 0.5) is 0 Å². The number of carboxylic acid groups (broad SMARTS) is 1. The molecule has 0 aromatic carbocycles. The topological polar surface area (TPSA) is 151 Å². The summed E-state index contributed by atoms with van der Waals surface area (Å²) in [5.74, 6) is -0.253. The van der Waals surface area contributed by atoms with E-state index in [4.69, 9.17) is 0 Å². The van der Waals surface area contributed by atoms with Crippen LogP contribution in [0.2, 0.25) is 0 Å². The van der Waals surface area contributed by atoms with Crippen LogP contribution in [0, 0.1) is 66.0 Å². The molecular formula is C69H102N4O7. The quantitative estimate of drug-likeness (QED) is 0.210. The zero-order valence-corrected chi connectivity index (χ0v) is 51.0. The zero-order chi connectivity index (χ0) is 57.5. The number of nitrogens with one attached hydrogen (secondary N) is 1. The first-order valence-electron chi connectivity index (χ1n) is 30.6. The third-order valence-electron chi connectivity index (χ3n) is 25.9. The van der Waals surface area contributed by atoms with Crippen molar-refractivity contribution in [3.63, 3.8) is 0 Å². The number of carbonyl (C=O) groups is 4. The van der Waals surface area contributed by atoms with E-state index in [0.29, 0.717) is 28.9 Å². The standard InChI is InChI=1S/C34H48N2O3.C29H38O4.C5H12N2.CH4/c1-22-23-8-9-26-32(4,24(23)20-25(37)28(22)38)13-15-34(6)27-21-31(3,29(39)36-18-16-35(7)17-19-36)11-10-30(27,2)12-14-33(26,34)5;1-17-18-7-8-21-27(4,19(18)15-20(30)23(17)31)12-14-29(6)22-16-26(3,24(32)33)10-9-25(22,2)11-13-28(21,29)5;1-7-4-2-6-3-5-7;/h8-9,20,27,38H,10-19,21H2,1-7H3;7-8,15,22,31H,9-14,16H2,1-6H3,(H,32,33);6H,2-5H2,1H3;1H4/t27-,30-,31-,32+,33-,34+;22-,25-,26-,27+,28-,29+;;/m11../s1. The summed E-state index contributed by atoms with van der Waals surface area (Å²) in [6.07, 6.45) is 26.4. The minimum atomic E-state index is -0.655. The number of fused-ring (bicyclic) bond motifs is 14. The number of allylic oxidation sites excluding steroid dienone is 14. The molecule has 6 saturated carbocycles. The second-order valence-corrected chi connectivity index (χ2v) is 30.2. The number of carboxylic acids is 1. The molecule has 2 saturated heterocycles. The molecule has 0 bridgehead atoms. The van der Waals surface area contributed by atoms with Crippen molar-refractivity contribution in [2.45, 2.75) is 180 Å². The number of aliphatic hydroxyl groups is 2. The smallest absolute Gasteiger partial charge is 0.309 e. The first-order chi connectivity index (χ1) is 36.8. The Morgan fingerprint density at radius 2 is 0.912 bits per heavy atom. The van der Waals surface area contributed by atoms with Gasteiger partial charge in [0.25, 0.3) is 0 Å². The fourth-order valence-electron chi connectivity index (χ4n) is 19.5. The molecule has 12 aliphatic rings. The van der Waals surface area contributed by atoms with E-state index >= 15 is 0 Å². The molecule has 12 rings (SSSR count). The lowest BCUT2D eigenvalue weighted by Crippen LogP contribution is -2.63. The Morgan fingerprint density at radius 3 is 1.31 bits per heavy atom. The number of piperazine rings is 2. The molecule has 8 fully saturated rings. The summed E-state index contributed by atoms with van der Waals surface area (Å²) in [5.41, 5.74) is 7.41. The van der Waals surface area contributed by atoms with Crippen molar-refractivity contribution >= 4 is 23.4 Å². The van der Waals surface area contributed by atoms with E-state index in [9.17, 15) is 34.5 Å². The second kappa shape index (κ2) is 20.2. The van der Waals surface area contributed by atoms with Crippen molar-refractivity contribution in [2.75, 3.05) is 66.5 Å². The number of rotatable bonds is 2. The van der Waals surface area contributed by atoms with Gasteiger partial charge in [-0.2, -0.15) is 0 Å². The molecule has 11 heteroatoms. The normalized spacial score (nSPS) is 43.1. The first-order valence-corrected chi connectivity index (χ1v) is 30.6. The van der Waals surface area contributed by atoms with E-state index in [0.717, 1.165) is 145 Å². The Balaban J connectivity index is 0.000000172. The second-order valence-electron chi connectivity index (χ2n) is 30.2. The average molecular weight is 1100 g/mol. The number of hydrogen-bond donors (Lipinski definition) is 4. The minimum Gasteiger partial charge on any atom is -0.504 e. The van der Waals surface area contributed by atoms with Crippen molar-refractivity contribution in [1.29, 1.82) is 0 Å². The van der Waals surface area contributed by atoms with Gasteiger partial charge in [0.05, 0.1) is 5.41 Å². The molecule has 12 atom stereocenters. The lowest BCUT2D eigenvalue weighted by molar-refractivity contribution is -0.178. The van der Waals surface area contributed by atoms with Crippen molar-refractivity contribution in [3.8, 4) is 0 Å². The lowest BCUT2D eigenvalue weighted by Gasteiger charge is -2.70. The van der Waals surface area contributed by atoms with Crippen molar-refractivity contribution in [3.05, 3.63) is 92.6 Å². The van der Waals surface area contributed by atoms with Gasteiger partial charge in [0.15, 0.2) is 11.5 Å². The van der Waals surface area contributed by atoms with E-state index in [1.807, 2.05) is 20.8 Å². The van der Waals surface area contributed by atoms with Crippen LogP contribution in [-0.4, -0.2) is 120 Å². The lowest BCUT2D eigenvalue weighted by atomic mass is 9.34. The van der Waals surface area contributed by atoms with Crippen molar-refractivity contribution in [1.82, 2.24) is 20.0 Å². The van der Waals surface area contributed by atoms with Gasteiger partial charge in [0.2, 0.25) is 17.5 Å². The van der Waals surface area contributed by atoms with E-state index in [2.05, 4.69) is 121 Å². The van der Waals surface area contributed by atoms with Crippen molar-refractivity contribution < 1.29 is 34.5 Å². The van der Waals surface area contributed by atoms with Crippen LogP contribution in [0.15, 0.2) is 92.6 Å². The molecule has 4 N–H and O–H groups in total. The molecular weight excluding hydrogens is 997 g/mol. The number of carbonyl (C=O) groups excluding carboxylic acids is 3. The van der Waals surface area contributed by atoms with Gasteiger partial charge in [-0.15, -0.1) is 0 Å². The van der Waals surface area contributed by atoms with Crippen LogP contribution >= 0.6 is 0 Å². The van der Waals surface area contributed by atoms with Crippen LogP contribution in [0.25, 0.3) is 0 Å². The maximum absolute atomic E-state index is 14.1. The van der Waals surface area contributed by atoms with Gasteiger partial charge in [0.1, 0.15) is 0 Å². The summed E-state index contributed by atoms with van der Waals surface area (Å²) in [6, 6.07) is 0. The Hall–Kier alpha value is -4.32. The van der Waals surface area contributed by atoms with Gasteiger partial charge < -0.3 is 35.3 Å². The summed E-state index contributed by atoms with van der Waals surface area (Å²) in [7, 11) is 4.30. The Labute approximate surface area is 481 Å². The Morgan fingerprint density at radius 1 is 0.525 bits per heavy atom. The molecule has 11 nitrogen and oxygen atoms in total. The van der Waals surface area contributed by atoms with E-state index in [-0.39, 0.29) is 79.2 Å². The summed E-state index contributed by atoms with van der Waals surface area (Å²) in [5, 5.41) is 34.0. The highest BCUT2D eigenvalue weighted by atomic mass is 16.4. The summed E-state index contributed by atoms with van der Waals surface area (Å²) in [4.78, 5) is 58.4. The number of aliphatic hydroxyl groups excluding tert-OH is 2. The number of aliphatic carboxylic acids is 1. The van der Waals surface area contributed by atoms with Gasteiger partial charge in [-0.3, -0.25) is 19.2 Å². The van der Waals surface area contributed by atoms with Crippen LogP contribution in [0.5, 0.6) is 0 Å². The van der Waals surface area contributed by atoms with E-state index in [1.54, 1.807) is 12.2 Å². The molecule has 440 valence electrons. The third-order valence-corrected chi connectivity index (χ3v) is 25.9. The molecule has 80 heavy (non-hydrogen) atoms. The largest absolute Gasteiger partial charge is 0.504 e. The zero-order valence-electron chi connectivity index (χ0n) is 51.0. The van der Waals surface area contributed by atoms with Crippen LogP contribution in [-0.2, 0) is 19.2 Å². The summed E-state index contributed by atoms with van der Waals surface area (Å²) >= 11 is 0.